The van der Waals surface area contributed by atoms with Gasteiger partial charge in [-0.2, -0.15) is 8.78 Å². The molecule has 1 aliphatic heterocycles. The molecule has 0 bridgehead atoms. The van der Waals surface area contributed by atoms with Crippen molar-refractivity contribution >= 4 is 23.6 Å². The molecule has 0 saturated carbocycles. The number of nitrogens with zero attached hydrogens (tertiary/aromatic N) is 1. The molecule has 2 aromatic carbocycles. The largest absolute Gasteiger partial charge is 0.456 e. The fraction of sp³-hybridized carbons (Fsp3) is 0.200. The first kappa shape index (κ1) is 20.1. The van der Waals surface area contributed by atoms with Gasteiger partial charge in [-0.25, -0.2) is 4.79 Å². The van der Waals surface area contributed by atoms with E-state index in [0.717, 1.165) is 4.90 Å². The van der Waals surface area contributed by atoms with Crippen molar-refractivity contribution in [1.29, 1.82) is 0 Å². The second-order valence-corrected chi connectivity index (χ2v) is 6.14. The van der Waals surface area contributed by atoms with Crippen molar-refractivity contribution in [3.63, 3.8) is 0 Å². The zero-order valence-corrected chi connectivity index (χ0v) is 15.1. The molecule has 29 heavy (non-hydrogen) atoms. The Hall–Kier alpha value is -3.62. The van der Waals surface area contributed by atoms with Gasteiger partial charge in [-0.1, -0.05) is 12.1 Å². The molecule has 0 fully saturated rings. The third-order valence-corrected chi connectivity index (χ3v) is 4.30. The highest BCUT2D eigenvalue weighted by Gasteiger charge is 2.41. The molecule has 0 aromatic heterocycles. The lowest BCUT2D eigenvalue weighted by atomic mass is 10.1. The highest BCUT2D eigenvalue weighted by Crippen LogP contribution is 2.24. The minimum atomic E-state index is -2.99. The molecule has 150 valence electrons. The van der Waals surface area contributed by atoms with Gasteiger partial charge in [0.25, 0.3) is 11.8 Å². The average molecular weight is 403 g/mol. The van der Waals surface area contributed by atoms with Crippen molar-refractivity contribution in [3.05, 3.63) is 65.2 Å². The molecule has 2 amide bonds. The molecule has 0 spiro atoms. The van der Waals surface area contributed by atoms with Gasteiger partial charge in [-0.05, 0) is 43.3 Å². The number of hydrogen-bond acceptors (Lipinski definition) is 6. The number of ketones is 1. The molecule has 1 heterocycles. The van der Waals surface area contributed by atoms with Gasteiger partial charge in [-0.15, -0.1) is 0 Å². The number of imide groups is 1. The molecule has 0 unspecified atom stereocenters. The summed E-state index contributed by atoms with van der Waals surface area (Å²) in [4.78, 5) is 49.9. The van der Waals surface area contributed by atoms with Crippen LogP contribution in [0, 0.1) is 0 Å². The van der Waals surface area contributed by atoms with E-state index in [9.17, 15) is 28.0 Å². The number of benzene rings is 2. The first-order valence-corrected chi connectivity index (χ1v) is 8.51. The van der Waals surface area contributed by atoms with Crippen LogP contribution in [-0.2, 0) is 9.53 Å². The van der Waals surface area contributed by atoms with E-state index in [2.05, 4.69) is 4.74 Å². The average Bonchev–Trinajstić information content (AvgIpc) is 2.96. The smallest absolute Gasteiger partial charge is 0.387 e. The number of esters is 1. The van der Waals surface area contributed by atoms with Gasteiger partial charge < -0.3 is 9.47 Å². The fourth-order valence-corrected chi connectivity index (χ4v) is 2.83. The maximum atomic E-state index is 12.4. The van der Waals surface area contributed by atoms with Crippen LogP contribution in [0.4, 0.5) is 8.78 Å². The topological polar surface area (TPSA) is 90.0 Å². The van der Waals surface area contributed by atoms with E-state index in [4.69, 9.17) is 4.74 Å². The highest BCUT2D eigenvalue weighted by atomic mass is 19.3. The Morgan fingerprint density at radius 2 is 1.52 bits per heavy atom. The lowest BCUT2D eigenvalue weighted by molar-refractivity contribution is -0.146. The van der Waals surface area contributed by atoms with E-state index in [1.807, 2.05) is 0 Å². The van der Waals surface area contributed by atoms with Crippen molar-refractivity contribution in [2.45, 2.75) is 19.6 Å². The van der Waals surface area contributed by atoms with Gasteiger partial charge >= 0.3 is 12.6 Å². The molecule has 1 atom stereocenters. The summed E-state index contributed by atoms with van der Waals surface area (Å²) < 4.78 is 33.4. The standard InChI is InChI=1S/C20H15F2NO6/c1-11(23-17(25)14-4-2-3-5-15(14)18(23)26)19(27)28-10-16(24)12-6-8-13(9-7-12)29-20(21)22/h2-9,11,20H,10H2,1H3/t11-/m1/s1. The van der Waals surface area contributed by atoms with Crippen LogP contribution in [0.25, 0.3) is 0 Å². The zero-order valence-electron chi connectivity index (χ0n) is 15.1. The van der Waals surface area contributed by atoms with Crippen LogP contribution >= 0.6 is 0 Å². The lowest BCUT2D eigenvalue weighted by Gasteiger charge is -2.20. The Kier molecular flexibility index (Phi) is 5.67. The molecule has 0 aliphatic carbocycles. The Bertz CT molecular complexity index is 938. The second-order valence-electron chi connectivity index (χ2n) is 6.14. The van der Waals surface area contributed by atoms with Crippen LogP contribution in [0.15, 0.2) is 48.5 Å². The maximum Gasteiger partial charge on any atom is 0.387 e. The third-order valence-electron chi connectivity index (χ3n) is 4.30. The predicted molar refractivity (Wildman–Crippen MR) is 94.8 cm³/mol. The number of carbonyl (C=O) groups excluding carboxylic acids is 4. The summed E-state index contributed by atoms with van der Waals surface area (Å²) in [5.74, 6) is -2.86. The van der Waals surface area contributed by atoms with Gasteiger partial charge in [0, 0.05) is 5.56 Å². The van der Waals surface area contributed by atoms with Crippen molar-refractivity contribution in [2.24, 2.45) is 0 Å². The van der Waals surface area contributed by atoms with Crippen LogP contribution in [0.1, 0.15) is 38.0 Å². The number of rotatable bonds is 7. The molecule has 0 N–H and O–H groups in total. The van der Waals surface area contributed by atoms with Gasteiger partial charge in [0.15, 0.2) is 12.4 Å². The Labute approximate surface area is 163 Å². The second kappa shape index (κ2) is 8.17. The van der Waals surface area contributed by atoms with Gasteiger partial charge in [0.2, 0.25) is 0 Å². The number of fused-ring (bicyclic) bond motifs is 1. The minimum Gasteiger partial charge on any atom is -0.456 e. The summed E-state index contributed by atoms with van der Waals surface area (Å²) >= 11 is 0. The fourth-order valence-electron chi connectivity index (χ4n) is 2.83. The third kappa shape index (κ3) is 4.13. The molecule has 9 heteroatoms. The maximum absolute atomic E-state index is 12.4. The number of ether oxygens (including phenoxy) is 2. The first-order chi connectivity index (χ1) is 13.8. The zero-order chi connectivity index (χ0) is 21.1. The normalized spacial score (nSPS) is 14.0. The summed E-state index contributed by atoms with van der Waals surface area (Å²) in [6, 6.07) is 9.82. The molecular formula is C20H15F2NO6. The molecule has 1 aliphatic rings. The SMILES string of the molecule is C[C@H](C(=O)OCC(=O)c1ccc(OC(F)F)cc1)N1C(=O)c2ccccc2C1=O. The quantitative estimate of drug-likeness (QED) is 0.401. The van der Waals surface area contributed by atoms with Crippen LogP contribution in [-0.4, -0.2) is 47.7 Å². The number of hydrogen-bond donors (Lipinski definition) is 0. The van der Waals surface area contributed by atoms with Crippen molar-refractivity contribution in [2.75, 3.05) is 6.61 Å². The summed E-state index contributed by atoms with van der Waals surface area (Å²) in [6.45, 7) is -2.30. The molecule has 3 rings (SSSR count). The Morgan fingerprint density at radius 3 is 2.03 bits per heavy atom. The van der Waals surface area contributed by atoms with Crippen LogP contribution < -0.4 is 4.74 Å². The van der Waals surface area contributed by atoms with E-state index >= 15 is 0 Å². The van der Waals surface area contributed by atoms with Gasteiger partial charge in [0.05, 0.1) is 11.1 Å². The Morgan fingerprint density at radius 1 is 0.966 bits per heavy atom. The first-order valence-electron chi connectivity index (χ1n) is 8.51. The number of halogens is 2. The Balaban J connectivity index is 1.60. The van der Waals surface area contributed by atoms with Crippen LogP contribution in [0.5, 0.6) is 5.75 Å². The van der Waals surface area contributed by atoms with E-state index in [1.165, 1.54) is 43.3 Å². The summed E-state index contributed by atoms with van der Waals surface area (Å²) in [7, 11) is 0. The monoisotopic (exact) mass is 403 g/mol. The highest BCUT2D eigenvalue weighted by molar-refractivity contribution is 6.22. The number of Topliss-reactive ketones (excluding diaryl/α,β-unsaturated/α-hetero) is 1. The van der Waals surface area contributed by atoms with Crippen molar-refractivity contribution in [1.82, 2.24) is 4.90 Å². The van der Waals surface area contributed by atoms with E-state index in [0.29, 0.717) is 0 Å². The number of alkyl halides is 2. The number of carbonyl (C=O) groups is 4. The van der Waals surface area contributed by atoms with E-state index in [-0.39, 0.29) is 22.4 Å². The van der Waals surface area contributed by atoms with E-state index < -0.39 is 42.8 Å². The van der Waals surface area contributed by atoms with Crippen molar-refractivity contribution < 1.29 is 37.4 Å². The molecule has 7 nitrogen and oxygen atoms in total. The van der Waals surface area contributed by atoms with Crippen molar-refractivity contribution in [3.8, 4) is 5.75 Å². The molecule has 0 radical (unpaired) electrons. The lowest BCUT2D eigenvalue weighted by Crippen LogP contribution is -2.44. The summed E-state index contributed by atoms with van der Waals surface area (Å²) in [5, 5.41) is 0. The number of amides is 2. The predicted octanol–water partition coefficient (Wildman–Crippen LogP) is 2.70. The summed E-state index contributed by atoms with van der Waals surface area (Å²) in [5.41, 5.74) is 0.506. The van der Waals surface area contributed by atoms with Crippen LogP contribution in [0.2, 0.25) is 0 Å². The van der Waals surface area contributed by atoms with Gasteiger partial charge in [-0.3, -0.25) is 19.3 Å². The molecule has 0 saturated heterocycles. The minimum absolute atomic E-state index is 0.118. The van der Waals surface area contributed by atoms with Gasteiger partial charge in [0.1, 0.15) is 11.8 Å². The van der Waals surface area contributed by atoms with E-state index in [1.54, 1.807) is 12.1 Å². The molecule has 2 aromatic rings. The summed E-state index contributed by atoms with van der Waals surface area (Å²) in [6.07, 6.45) is 0. The van der Waals surface area contributed by atoms with Crippen LogP contribution in [0.3, 0.4) is 0 Å². The molecular weight excluding hydrogens is 388 g/mol.